The summed E-state index contributed by atoms with van der Waals surface area (Å²) < 4.78 is 5.83. The molecule has 0 radical (unpaired) electrons. The van der Waals surface area contributed by atoms with Crippen LogP contribution in [0.5, 0.6) is 0 Å². The van der Waals surface area contributed by atoms with Gasteiger partial charge < -0.3 is 14.6 Å². The molecule has 3 aromatic rings. The van der Waals surface area contributed by atoms with Gasteiger partial charge in [-0.05, 0) is 56.2 Å². The van der Waals surface area contributed by atoms with Gasteiger partial charge in [0.15, 0.2) is 0 Å². The first-order valence-electron chi connectivity index (χ1n) is 11.4. The van der Waals surface area contributed by atoms with Crippen molar-refractivity contribution in [2.75, 3.05) is 32.7 Å². The van der Waals surface area contributed by atoms with Crippen LogP contribution in [0.3, 0.4) is 0 Å². The summed E-state index contributed by atoms with van der Waals surface area (Å²) in [7, 11) is 0. The minimum Gasteiger partial charge on any atom is -0.416 e. The minimum atomic E-state index is -0.00509. The molecular formula is C25H27N5O3. The van der Waals surface area contributed by atoms with Gasteiger partial charge in [-0.1, -0.05) is 17.7 Å². The topological polar surface area (TPSA) is 91.6 Å². The summed E-state index contributed by atoms with van der Waals surface area (Å²) in [6, 6.07) is 15.5. The van der Waals surface area contributed by atoms with E-state index in [1.54, 1.807) is 12.1 Å². The highest BCUT2D eigenvalue weighted by Crippen LogP contribution is 2.25. The van der Waals surface area contributed by atoms with Crippen LogP contribution in [0.1, 0.15) is 28.8 Å². The van der Waals surface area contributed by atoms with Crippen molar-refractivity contribution in [1.29, 1.82) is 0 Å². The Hall–Kier alpha value is -3.52. The van der Waals surface area contributed by atoms with Gasteiger partial charge in [-0.25, -0.2) is 0 Å². The van der Waals surface area contributed by atoms with Gasteiger partial charge in [-0.3, -0.25) is 14.5 Å². The summed E-state index contributed by atoms with van der Waals surface area (Å²) >= 11 is 0. The number of hydrogen-bond acceptors (Lipinski definition) is 6. The molecule has 2 amide bonds. The number of piperazine rings is 1. The van der Waals surface area contributed by atoms with E-state index >= 15 is 0 Å². The van der Waals surface area contributed by atoms with Crippen molar-refractivity contribution in [3.8, 4) is 22.9 Å². The molecule has 33 heavy (non-hydrogen) atoms. The molecule has 1 N–H and O–H groups in total. The fourth-order valence-corrected chi connectivity index (χ4v) is 3.90. The number of benzene rings is 2. The van der Waals surface area contributed by atoms with Gasteiger partial charge in [-0.2, -0.15) is 0 Å². The van der Waals surface area contributed by atoms with E-state index in [1.165, 1.54) is 5.56 Å². The Bertz CT molecular complexity index is 1130. The second-order valence-electron chi connectivity index (χ2n) is 8.77. The molecule has 1 aromatic heterocycles. The zero-order valence-corrected chi connectivity index (χ0v) is 18.7. The molecular weight excluding hydrogens is 418 g/mol. The van der Waals surface area contributed by atoms with Gasteiger partial charge >= 0.3 is 0 Å². The summed E-state index contributed by atoms with van der Waals surface area (Å²) in [4.78, 5) is 28.9. The Kier molecular flexibility index (Phi) is 5.92. The molecule has 2 aromatic carbocycles. The highest BCUT2D eigenvalue weighted by atomic mass is 16.4. The maximum atomic E-state index is 12.9. The summed E-state index contributed by atoms with van der Waals surface area (Å²) in [5.74, 6) is 0.963. The van der Waals surface area contributed by atoms with Gasteiger partial charge in [-0.15, -0.1) is 10.2 Å². The van der Waals surface area contributed by atoms with Crippen molar-refractivity contribution in [3.63, 3.8) is 0 Å². The number of aromatic nitrogens is 2. The third-order valence-electron chi connectivity index (χ3n) is 6.07. The zero-order chi connectivity index (χ0) is 22.8. The normalized spacial score (nSPS) is 16.6. The largest absolute Gasteiger partial charge is 0.416 e. The predicted molar refractivity (Wildman–Crippen MR) is 123 cm³/mol. The second-order valence-corrected chi connectivity index (χ2v) is 8.77. The average molecular weight is 446 g/mol. The van der Waals surface area contributed by atoms with E-state index < -0.39 is 0 Å². The molecule has 1 saturated heterocycles. The molecule has 2 heterocycles. The number of carbonyl (C=O) groups excluding carboxylic acids is 2. The van der Waals surface area contributed by atoms with E-state index in [0.29, 0.717) is 56.1 Å². The second kappa shape index (κ2) is 9.15. The van der Waals surface area contributed by atoms with Crippen molar-refractivity contribution in [2.45, 2.75) is 25.8 Å². The van der Waals surface area contributed by atoms with Gasteiger partial charge in [0.05, 0.1) is 6.54 Å². The van der Waals surface area contributed by atoms with E-state index in [2.05, 4.69) is 20.4 Å². The summed E-state index contributed by atoms with van der Waals surface area (Å²) in [5, 5.41) is 11.3. The summed E-state index contributed by atoms with van der Waals surface area (Å²) in [5.41, 5.74) is 3.43. The number of amides is 2. The lowest BCUT2D eigenvalue weighted by Gasteiger charge is -2.34. The molecule has 8 heteroatoms. The maximum Gasteiger partial charge on any atom is 0.253 e. The number of hydrogen-bond donors (Lipinski definition) is 1. The molecule has 0 bridgehead atoms. The number of rotatable bonds is 6. The van der Waals surface area contributed by atoms with Crippen molar-refractivity contribution in [2.24, 2.45) is 0 Å². The molecule has 2 aliphatic rings. The minimum absolute atomic E-state index is 0.00509. The molecule has 1 saturated carbocycles. The van der Waals surface area contributed by atoms with Crippen LogP contribution in [-0.4, -0.2) is 70.6 Å². The smallest absolute Gasteiger partial charge is 0.253 e. The first-order valence-corrected chi connectivity index (χ1v) is 11.4. The lowest BCUT2D eigenvalue weighted by Crippen LogP contribution is -2.51. The molecule has 0 unspecified atom stereocenters. The van der Waals surface area contributed by atoms with E-state index in [1.807, 2.05) is 48.2 Å². The third-order valence-corrected chi connectivity index (χ3v) is 6.07. The highest BCUT2D eigenvalue weighted by Gasteiger charge is 2.26. The van der Waals surface area contributed by atoms with Crippen LogP contribution in [0.15, 0.2) is 52.9 Å². The number of aryl methyl sites for hydroxylation is 1. The molecule has 0 spiro atoms. The van der Waals surface area contributed by atoms with Crippen molar-refractivity contribution in [3.05, 3.63) is 59.7 Å². The van der Waals surface area contributed by atoms with Crippen LogP contribution < -0.4 is 5.32 Å². The van der Waals surface area contributed by atoms with Gasteiger partial charge in [0.25, 0.3) is 5.91 Å². The van der Waals surface area contributed by atoms with Gasteiger partial charge in [0.1, 0.15) is 0 Å². The maximum absolute atomic E-state index is 12.9. The van der Waals surface area contributed by atoms with Crippen LogP contribution in [0.4, 0.5) is 0 Å². The van der Waals surface area contributed by atoms with E-state index in [9.17, 15) is 9.59 Å². The highest BCUT2D eigenvalue weighted by molar-refractivity contribution is 5.94. The van der Waals surface area contributed by atoms with Crippen molar-refractivity contribution >= 4 is 11.8 Å². The predicted octanol–water partition coefficient (Wildman–Crippen LogP) is 2.75. The van der Waals surface area contributed by atoms with Crippen LogP contribution in [0.25, 0.3) is 22.9 Å². The fourth-order valence-electron chi connectivity index (χ4n) is 3.90. The lowest BCUT2D eigenvalue weighted by molar-refractivity contribution is -0.122. The molecule has 2 fully saturated rings. The van der Waals surface area contributed by atoms with Crippen LogP contribution in [-0.2, 0) is 4.79 Å². The Morgan fingerprint density at radius 1 is 0.909 bits per heavy atom. The monoisotopic (exact) mass is 445 g/mol. The van der Waals surface area contributed by atoms with Gasteiger partial charge in [0.2, 0.25) is 17.7 Å². The summed E-state index contributed by atoms with van der Waals surface area (Å²) in [6.07, 6.45) is 2.18. The van der Waals surface area contributed by atoms with Crippen LogP contribution >= 0.6 is 0 Å². The molecule has 5 rings (SSSR count). The van der Waals surface area contributed by atoms with E-state index in [4.69, 9.17) is 4.42 Å². The van der Waals surface area contributed by atoms with Crippen LogP contribution in [0, 0.1) is 6.92 Å². The SMILES string of the molecule is Cc1ccc(-c2nnc(-c3ccc(C(=O)N4CCN(CC(=O)NC5CC5)CC4)cc3)o2)cc1. The standard InChI is InChI=1S/C25H27N5O3/c1-17-2-4-18(5-3-17)23-27-28-24(33-23)19-6-8-20(9-7-19)25(32)30-14-12-29(13-15-30)16-22(31)26-21-10-11-21/h2-9,21H,10-16H2,1H3,(H,26,31). The quantitative estimate of drug-likeness (QED) is 0.627. The average Bonchev–Trinajstić information content (AvgIpc) is 3.51. The van der Waals surface area contributed by atoms with E-state index in [-0.39, 0.29) is 11.8 Å². The molecule has 170 valence electrons. The van der Waals surface area contributed by atoms with E-state index in [0.717, 1.165) is 24.0 Å². The number of nitrogens with zero attached hydrogens (tertiary/aromatic N) is 4. The Labute approximate surface area is 192 Å². The third kappa shape index (κ3) is 5.12. The molecule has 0 atom stereocenters. The number of carbonyl (C=O) groups is 2. The molecule has 8 nitrogen and oxygen atoms in total. The van der Waals surface area contributed by atoms with Crippen molar-refractivity contribution < 1.29 is 14.0 Å². The van der Waals surface area contributed by atoms with Gasteiger partial charge in [0, 0.05) is 48.9 Å². The lowest BCUT2D eigenvalue weighted by atomic mass is 10.1. The summed E-state index contributed by atoms with van der Waals surface area (Å²) in [6.45, 7) is 5.06. The first kappa shape index (κ1) is 21.3. The van der Waals surface area contributed by atoms with Crippen LogP contribution in [0.2, 0.25) is 0 Å². The molecule has 1 aliphatic heterocycles. The Balaban J connectivity index is 1.17. The first-order chi connectivity index (χ1) is 16.0. The fraction of sp³-hybridized carbons (Fsp3) is 0.360. The Morgan fingerprint density at radius 2 is 1.48 bits per heavy atom. The van der Waals surface area contributed by atoms with Crippen molar-refractivity contribution in [1.82, 2.24) is 25.3 Å². The zero-order valence-electron chi connectivity index (χ0n) is 18.7. The molecule has 1 aliphatic carbocycles. The number of nitrogens with one attached hydrogen (secondary N) is 1. The Morgan fingerprint density at radius 3 is 2.06 bits per heavy atom.